The molecule has 0 aliphatic carbocycles. The molecule has 4 aromatic rings. The lowest BCUT2D eigenvalue weighted by atomic mass is 10.2. The number of thioether (sulfide) groups is 1. The van der Waals surface area contributed by atoms with E-state index in [1.807, 2.05) is 25.1 Å². The third-order valence-corrected chi connectivity index (χ3v) is 8.20. The summed E-state index contributed by atoms with van der Waals surface area (Å²) in [6, 6.07) is 16.4. The highest BCUT2D eigenvalue weighted by Crippen LogP contribution is 2.29. The summed E-state index contributed by atoms with van der Waals surface area (Å²) in [6.07, 6.45) is 0. The van der Waals surface area contributed by atoms with E-state index in [2.05, 4.69) is 21.6 Å². The number of hydrogen-bond acceptors (Lipinski definition) is 8. The first-order chi connectivity index (χ1) is 15.3. The van der Waals surface area contributed by atoms with Gasteiger partial charge in [-0.1, -0.05) is 64.5 Å². The van der Waals surface area contributed by atoms with Gasteiger partial charge in [0.15, 0.2) is 10.1 Å². The molecule has 4 rings (SSSR count). The second-order valence-electron chi connectivity index (χ2n) is 6.68. The molecule has 32 heavy (non-hydrogen) atoms. The summed E-state index contributed by atoms with van der Waals surface area (Å²) in [5.74, 6) is -0.0374. The van der Waals surface area contributed by atoms with Gasteiger partial charge < -0.3 is 4.42 Å². The van der Waals surface area contributed by atoms with Crippen molar-refractivity contribution in [3.05, 3.63) is 82.6 Å². The van der Waals surface area contributed by atoms with Crippen molar-refractivity contribution in [1.82, 2.24) is 10.2 Å². The first kappa shape index (κ1) is 22.5. The SMILES string of the molecule is Cc1cccc(CSc2nnc(NC(=O)c3ccc(S(=O)(=O)c4ccc(Cl)cc4)o3)s2)c1. The van der Waals surface area contributed by atoms with Gasteiger partial charge in [-0.15, -0.1) is 10.2 Å². The number of carbonyl (C=O) groups excluding carboxylic acids is 1. The molecule has 11 heteroatoms. The maximum Gasteiger partial charge on any atom is 0.293 e. The van der Waals surface area contributed by atoms with E-state index < -0.39 is 15.7 Å². The van der Waals surface area contributed by atoms with Gasteiger partial charge in [-0.3, -0.25) is 10.1 Å². The molecule has 1 N–H and O–H groups in total. The van der Waals surface area contributed by atoms with Crippen LogP contribution in [-0.4, -0.2) is 24.5 Å². The Hall–Kier alpha value is -2.66. The van der Waals surface area contributed by atoms with E-state index >= 15 is 0 Å². The van der Waals surface area contributed by atoms with Gasteiger partial charge >= 0.3 is 0 Å². The van der Waals surface area contributed by atoms with Crippen LogP contribution in [0.15, 0.2) is 79.4 Å². The fraction of sp³-hybridized carbons (Fsp3) is 0.0952. The lowest BCUT2D eigenvalue weighted by molar-refractivity contribution is 0.0991. The molecule has 0 atom stereocenters. The predicted octanol–water partition coefficient (Wildman–Crippen LogP) is 5.47. The van der Waals surface area contributed by atoms with Crippen LogP contribution in [0.4, 0.5) is 5.13 Å². The third-order valence-electron chi connectivity index (χ3n) is 4.27. The Labute approximate surface area is 197 Å². The van der Waals surface area contributed by atoms with Crippen molar-refractivity contribution in [3.63, 3.8) is 0 Å². The summed E-state index contributed by atoms with van der Waals surface area (Å²) in [5, 5.41) is 11.0. The van der Waals surface area contributed by atoms with Gasteiger partial charge in [0.05, 0.1) is 4.90 Å². The van der Waals surface area contributed by atoms with Crippen LogP contribution in [0.2, 0.25) is 5.02 Å². The molecule has 2 heterocycles. The summed E-state index contributed by atoms with van der Waals surface area (Å²) in [7, 11) is -3.91. The number of halogens is 1. The van der Waals surface area contributed by atoms with E-state index in [9.17, 15) is 13.2 Å². The number of benzene rings is 2. The van der Waals surface area contributed by atoms with Crippen molar-refractivity contribution in [2.24, 2.45) is 0 Å². The molecule has 0 bridgehead atoms. The molecule has 0 saturated carbocycles. The number of amides is 1. The van der Waals surface area contributed by atoms with E-state index in [1.165, 1.54) is 70.6 Å². The van der Waals surface area contributed by atoms with Crippen molar-refractivity contribution >= 4 is 55.6 Å². The van der Waals surface area contributed by atoms with Gasteiger partial charge in [0.25, 0.3) is 5.91 Å². The maximum absolute atomic E-state index is 12.7. The Kier molecular flexibility index (Phi) is 6.66. The average molecular weight is 506 g/mol. The monoisotopic (exact) mass is 505 g/mol. The number of nitrogens with one attached hydrogen (secondary N) is 1. The van der Waals surface area contributed by atoms with Gasteiger partial charge in [0, 0.05) is 10.8 Å². The van der Waals surface area contributed by atoms with E-state index in [4.69, 9.17) is 16.0 Å². The Bertz CT molecular complexity index is 1360. The standard InChI is InChI=1S/C21H16ClN3O4S3/c1-13-3-2-4-14(11-13)12-30-21-25-24-20(31-21)23-19(26)17-9-10-18(29-17)32(27,28)16-7-5-15(22)6-8-16/h2-11H,12H2,1H3,(H,23,24,26). The predicted molar refractivity (Wildman–Crippen MR) is 124 cm³/mol. The van der Waals surface area contributed by atoms with Crippen LogP contribution in [0.25, 0.3) is 0 Å². The van der Waals surface area contributed by atoms with Crippen LogP contribution >= 0.6 is 34.7 Å². The number of hydrogen-bond donors (Lipinski definition) is 1. The van der Waals surface area contributed by atoms with E-state index in [-0.39, 0.29) is 15.7 Å². The molecule has 0 aliphatic heterocycles. The smallest absolute Gasteiger partial charge is 0.293 e. The lowest BCUT2D eigenvalue weighted by Gasteiger charge is -2.01. The Morgan fingerprint density at radius 1 is 1.12 bits per heavy atom. The van der Waals surface area contributed by atoms with Gasteiger partial charge in [-0.25, -0.2) is 8.42 Å². The number of rotatable bonds is 7. The Morgan fingerprint density at radius 3 is 2.66 bits per heavy atom. The van der Waals surface area contributed by atoms with Crippen LogP contribution in [-0.2, 0) is 15.6 Å². The van der Waals surface area contributed by atoms with Gasteiger partial charge in [-0.2, -0.15) is 0 Å². The highest BCUT2D eigenvalue weighted by molar-refractivity contribution is 8.00. The lowest BCUT2D eigenvalue weighted by Crippen LogP contribution is -2.10. The summed E-state index contributed by atoms with van der Waals surface area (Å²) in [5.41, 5.74) is 2.35. The molecule has 1 amide bonds. The van der Waals surface area contributed by atoms with Crippen molar-refractivity contribution in [1.29, 1.82) is 0 Å². The van der Waals surface area contributed by atoms with Crippen molar-refractivity contribution in [2.75, 3.05) is 5.32 Å². The third kappa shape index (κ3) is 5.21. The van der Waals surface area contributed by atoms with Crippen LogP contribution < -0.4 is 5.32 Å². The number of anilines is 1. The van der Waals surface area contributed by atoms with E-state index in [0.29, 0.717) is 14.5 Å². The Balaban J connectivity index is 1.41. The zero-order valence-corrected chi connectivity index (χ0v) is 19.8. The molecular weight excluding hydrogens is 490 g/mol. The average Bonchev–Trinajstić information content (AvgIpc) is 3.43. The maximum atomic E-state index is 12.7. The fourth-order valence-corrected chi connectivity index (χ4v) is 5.73. The normalized spacial score (nSPS) is 11.4. The van der Waals surface area contributed by atoms with Crippen LogP contribution in [0.5, 0.6) is 0 Å². The van der Waals surface area contributed by atoms with E-state index in [1.54, 1.807) is 0 Å². The molecule has 0 aliphatic rings. The van der Waals surface area contributed by atoms with Gasteiger partial charge in [0.2, 0.25) is 20.1 Å². The number of aryl methyl sites for hydroxylation is 1. The summed E-state index contributed by atoms with van der Waals surface area (Å²) >= 11 is 8.55. The molecule has 0 unspecified atom stereocenters. The zero-order valence-electron chi connectivity index (χ0n) is 16.6. The van der Waals surface area contributed by atoms with E-state index in [0.717, 1.165) is 5.75 Å². The van der Waals surface area contributed by atoms with Gasteiger partial charge in [-0.05, 0) is 48.9 Å². The number of carbonyl (C=O) groups is 1. The number of nitrogens with zero attached hydrogens (tertiary/aromatic N) is 2. The Morgan fingerprint density at radius 2 is 1.91 bits per heavy atom. The van der Waals surface area contributed by atoms with Gasteiger partial charge in [0.1, 0.15) is 0 Å². The quantitative estimate of drug-likeness (QED) is 0.262. The summed E-state index contributed by atoms with van der Waals surface area (Å²) in [6.45, 7) is 2.04. The first-order valence-electron chi connectivity index (χ1n) is 9.25. The molecule has 0 saturated heterocycles. The zero-order chi connectivity index (χ0) is 22.7. The molecular formula is C21H16ClN3O4S3. The number of aromatic nitrogens is 2. The molecule has 0 radical (unpaired) electrons. The molecule has 164 valence electrons. The molecule has 7 nitrogen and oxygen atoms in total. The second-order valence-corrected chi connectivity index (χ2v) is 11.2. The minimum Gasteiger partial charge on any atom is -0.439 e. The largest absolute Gasteiger partial charge is 0.439 e. The minimum absolute atomic E-state index is 0.0163. The first-order valence-corrected chi connectivity index (χ1v) is 12.9. The topological polar surface area (TPSA) is 102 Å². The highest BCUT2D eigenvalue weighted by Gasteiger charge is 2.24. The number of furan rings is 1. The fourth-order valence-electron chi connectivity index (χ4n) is 2.74. The van der Waals surface area contributed by atoms with Crippen molar-refractivity contribution in [2.45, 2.75) is 27.0 Å². The molecule has 2 aromatic carbocycles. The minimum atomic E-state index is -3.91. The molecule has 2 aromatic heterocycles. The number of sulfone groups is 1. The molecule has 0 spiro atoms. The van der Waals surface area contributed by atoms with Crippen molar-refractivity contribution < 1.29 is 17.6 Å². The summed E-state index contributed by atoms with van der Waals surface area (Å²) < 4.78 is 31.3. The van der Waals surface area contributed by atoms with Crippen LogP contribution in [0, 0.1) is 6.92 Å². The van der Waals surface area contributed by atoms with Crippen LogP contribution in [0.3, 0.4) is 0 Å². The summed E-state index contributed by atoms with van der Waals surface area (Å²) in [4.78, 5) is 12.5. The molecule has 0 fully saturated rings. The van der Waals surface area contributed by atoms with Crippen LogP contribution in [0.1, 0.15) is 21.7 Å². The highest BCUT2D eigenvalue weighted by atomic mass is 35.5. The van der Waals surface area contributed by atoms with Crippen molar-refractivity contribution in [3.8, 4) is 0 Å². The second kappa shape index (κ2) is 9.45.